The van der Waals surface area contributed by atoms with E-state index in [-0.39, 0.29) is 18.7 Å². The molecular formula is C24H18FN7O3. The smallest absolute Gasteiger partial charge is 0.322 e. The number of nitrogens with zero attached hydrogens (tertiary/aromatic N) is 5. The van der Waals surface area contributed by atoms with Crippen molar-refractivity contribution in [3.05, 3.63) is 77.6 Å². The van der Waals surface area contributed by atoms with Gasteiger partial charge >= 0.3 is 6.03 Å². The molecule has 2 aliphatic rings. The van der Waals surface area contributed by atoms with Crippen LogP contribution < -0.4 is 10.6 Å². The minimum atomic E-state index is -1.50. The number of carbonyl (C=O) groups excluding carboxylic acids is 3. The van der Waals surface area contributed by atoms with Crippen LogP contribution in [0.25, 0.3) is 22.4 Å². The van der Waals surface area contributed by atoms with Crippen LogP contribution in [0.3, 0.4) is 0 Å². The molecule has 2 N–H and O–H groups in total. The summed E-state index contributed by atoms with van der Waals surface area (Å²) in [6.07, 6.45) is 3.11. The molecule has 1 unspecified atom stereocenters. The first kappa shape index (κ1) is 20.9. The maximum Gasteiger partial charge on any atom is 0.322 e. The number of carbonyl (C=O) groups is 3. The number of hydrogen-bond acceptors (Lipinski definition) is 6. The van der Waals surface area contributed by atoms with Crippen molar-refractivity contribution in [2.45, 2.75) is 12.1 Å². The first-order chi connectivity index (χ1) is 16.9. The van der Waals surface area contributed by atoms with E-state index in [1.165, 1.54) is 23.4 Å². The zero-order valence-electron chi connectivity index (χ0n) is 18.4. The Kier molecular flexibility index (Phi) is 4.43. The molecule has 4 aromatic rings. The van der Waals surface area contributed by atoms with Crippen molar-refractivity contribution in [2.75, 3.05) is 6.54 Å². The molecule has 0 aliphatic carbocycles. The number of nitrogens with one attached hydrogen (secondary N) is 2. The molecule has 2 aromatic heterocycles. The molecule has 0 radical (unpaired) electrons. The lowest BCUT2D eigenvalue weighted by Gasteiger charge is -2.31. The average molecular weight is 471 g/mol. The average Bonchev–Trinajstić information content (AvgIpc) is 3.48. The van der Waals surface area contributed by atoms with Crippen LogP contribution in [0.2, 0.25) is 0 Å². The first-order valence-electron chi connectivity index (χ1n) is 10.8. The maximum atomic E-state index is 13.7. The standard InChI is InChI=1S/C24H18FN7O3/c1-31-12-28-19-18(26-11-27-20(19)31)13-2-5-15(6-3-13)24(22(34)29-23(35)30-24)10-32-9-14-4-7-16(25)8-17(14)21(32)33/h2-8,11-12H,9-10H2,1H3,(H2,29,30,34,35). The monoisotopic (exact) mass is 471 g/mol. The molecule has 0 saturated carbocycles. The van der Waals surface area contributed by atoms with E-state index < -0.39 is 29.2 Å². The zero-order valence-corrected chi connectivity index (χ0v) is 18.4. The Bertz CT molecular complexity index is 1550. The quantitative estimate of drug-likeness (QED) is 0.438. The van der Waals surface area contributed by atoms with Crippen LogP contribution in [0.15, 0.2) is 55.1 Å². The number of aryl methyl sites for hydroxylation is 1. The molecule has 1 fully saturated rings. The number of imidazole rings is 1. The molecule has 0 bridgehead atoms. The van der Waals surface area contributed by atoms with Crippen LogP contribution in [0.1, 0.15) is 21.5 Å². The van der Waals surface area contributed by atoms with Gasteiger partial charge < -0.3 is 14.8 Å². The molecule has 4 heterocycles. The van der Waals surface area contributed by atoms with Gasteiger partial charge in [-0.25, -0.2) is 24.1 Å². The van der Waals surface area contributed by atoms with Gasteiger partial charge in [-0.1, -0.05) is 30.3 Å². The lowest BCUT2D eigenvalue weighted by molar-refractivity contribution is -0.124. The van der Waals surface area contributed by atoms with Gasteiger partial charge in [0.2, 0.25) is 0 Å². The lowest BCUT2D eigenvalue weighted by Crippen LogP contribution is -2.52. The second-order valence-electron chi connectivity index (χ2n) is 8.60. The number of rotatable bonds is 4. The van der Waals surface area contributed by atoms with Crippen molar-refractivity contribution < 1.29 is 18.8 Å². The van der Waals surface area contributed by atoms with Crippen LogP contribution >= 0.6 is 0 Å². The molecule has 10 nitrogen and oxygen atoms in total. The summed E-state index contributed by atoms with van der Waals surface area (Å²) in [6, 6.07) is 10.4. The Morgan fingerprint density at radius 3 is 2.60 bits per heavy atom. The topological polar surface area (TPSA) is 122 Å². The second kappa shape index (κ2) is 7.42. The predicted octanol–water partition coefficient (Wildman–Crippen LogP) is 1.86. The third-order valence-corrected chi connectivity index (χ3v) is 6.47. The lowest BCUT2D eigenvalue weighted by atomic mass is 9.88. The molecule has 0 spiro atoms. The van der Waals surface area contributed by atoms with E-state index >= 15 is 0 Å². The fraction of sp³-hybridized carbons (Fsp3) is 0.167. The van der Waals surface area contributed by atoms with Crippen LogP contribution in [-0.4, -0.2) is 48.8 Å². The van der Waals surface area contributed by atoms with Crippen LogP contribution in [0, 0.1) is 5.82 Å². The molecule has 2 aliphatic heterocycles. The first-order valence-corrected chi connectivity index (χ1v) is 10.8. The summed E-state index contributed by atoms with van der Waals surface area (Å²) in [6.45, 7) is 0.0903. The Balaban J connectivity index is 1.37. The summed E-state index contributed by atoms with van der Waals surface area (Å²) in [7, 11) is 1.84. The van der Waals surface area contributed by atoms with Gasteiger partial charge in [0.25, 0.3) is 11.8 Å². The van der Waals surface area contributed by atoms with Gasteiger partial charge in [0.1, 0.15) is 23.4 Å². The number of urea groups is 1. The zero-order chi connectivity index (χ0) is 24.3. The molecule has 35 heavy (non-hydrogen) atoms. The van der Waals surface area contributed by atoms with E-state index in [4.69, 9.17) is 0 Å². The number of hydrogen-bond donors (Lipinski definition) is 2. The number of benzene rings is 2. The number of imide groups is 1. The highest BCUT2D eigenvalue weighted by Gasteiger charge is 2.50. The number of halogens is 1. The minimum Gasteiger partial charge on any atom is -0.331 e. The van der Waals surface area contributed by atoms with E-state index in [0.29, 0.717) is 28.0 Å². The summed E-state index contributed by atoms with van der Waals surface area (Å²) in [5.74, 6) is -1.48. The van der Waals surface area contributed by atoms with Crippen LogP contribution in [0.5, 0.6) is 0 Å². The number of fused-ring (bicyclic) bond motifs is 2. The molecular weight excluding hydrogens is 453 g/mol. The molecule has 1 saturated heterocycles. The van der Waals surface area contributed by atoms with Gasteiger partial charge in [-0.2, -0.15) is 0 Å². The Labute approximate surface area is 197 Å². The van der Waals surface area contributed by atoms with Gasteiger partial charge in [0, 0.05) is 24.7 Å². The Morgan fingerprint density at radius 2 is 1.86 bits per heavy atom. The fourth-order valence-corrected chi connectivity index (χ4v) is 4.71. The van der Waals surface area contributed by atoms with Crippen molar-refractivity contribution in [1.29, 1.82) is 0 Å². The molecule has 1 atom stereocenters. The second-order valence-corrected chi connectivity index (χ2v) is 8.60. The van der Waals surface area contributed by atoms with Gasteiger partial charge in [-0.05, 0) is 23.3 Å². The SMILES string of the molecule is Cn1cnc2c(-c3ccc(C4(CN5Cc6ccc(F)cc6C5=O)NC(=O)NC4=O)cc3)ncnc21. The van der Waals surface area contributed by atoms with E-state index in [1.54, 1.807) is 41.2 Å². The summed E-state index contributed by atoms with van der Waals surface area (Å²) < 4.78 is 15.5. The maximum absolute atomic E-state index is 13.7. The van der Waals surface area contributed by atoms with Crippen LogP contribution in [0.4, 0.5) is 9.18 Å². The van der Waals surface area contributed by atoms with E-state index in [9.17, 15) is 18.8 Å². The number of aromatic nitrogens is 4. The van der Waals surface area contributed by atoms with Gasteiger partial charge in [0.15, 0.2) is 11.2 Å². The largest absolute Gasteiger partial charge is 0.331 e. The van der Waals surface area contributed by atoms with Crippen molar-refractivity contribution in [3.63, 3.8) is 0 Å². The van der Waals surface area contributed by atoms with Gasteiger partial charge in [0.05, 0.1) is 12.9 Å². The summed E-state index contributed by atoms with van der Waals surface area (Å²) in [5, 5.41) is 4.98. The Hall–Kier alpha value is -4.67. The highest BCUT2D eigenvalue weighted by Crippen LogP contribution is 2.33. The third-order valence-electron chi connectivity index (χ3n) is 6.47. The normalized spacial score (nSPS) is 19.3. The van der Waals surface area contributed by atoms with E-state index in [0.717, 1.165) is 5.56 Å². The predicted molar refractivity (Wildman–Crippen MR) is 121 cm³/mol. The van der Waals surface area contributed by atoms with Gasteiger partial charge in [-0.15, -0.1) is 0 Å². The number of amides is 4. The summed E-state index contributed by atoms with van der Waals surface area (Å²) in [4.78, 5) is 52.6. The molecule has 6 rings (SSSR count). The summed E-state index contributed by atoms with van der Waals surface area (Å²) in [5.41, 5.74) is 2.60. The van der Waals surface area contributed by atoms with Crippen LogP contribution in [-0.2, 0) is 23.9 Å². The van der Waals surface area contributed by atoms with Crippen molar-refractivity contribution in [2.24, 2.45) is 7.05 Å². The summed E-state index contributed by atoms with van der Waals surface area (Å²) >= 11 is 0. The van der Waals surface area contributed by atoms with Crippen molar-refractivity contribution in [3.8, 4) is 11.3 Å². The molecule has 4 amide bonds. The van der Waals surface area contributed by atoms with E-state index in [1.807, 2.05) is 7.05 Å². The highest BCUT2D eigenvalue weighted by molar-refractivity contribution is 6.08. The molecule has 11 heteroatoms. The third kappa shape index (κ3) is 3.15. The fourth-order valence-electron chi connectivity index (χ4n) is 4.71. The Morgan fingerprint density at radius 1 is 1.06 bits per heavy atom. The molecule has 174 valence electrons. The van der Waals surface area contributed by atoms with Gasteiger partial charge in [-0.3, -0.25) is 14.9 Å². The van der Waals surface area contributed by atoms with Crippen molar-refractivity contribution in [1.82, 2.24) is 35.1 Å². The molecule has 2 aromatic carbocycles. The minimum absolute atomic E-state index is 0.114. The highest BCUT2D eigenvalue weighted by atomic mass is 19.1. The van der Waals surface area contributed by atoms with Crippen molar-refractivity contribution >= 4 is 29.0 Å². The van der Waals surface area contributed by atoms with E-state index in [2.05, 4.69) is 25.6 Å².